The highest BCUT2D eigenvalue weighted by atomic mass is 16.5. The molecule has 5 nitrogen and oxygen atoms in total. The number of hydrogen-bond donors (Lipinski definition) is 1. The van der Waals surface area contributed by atoms with Gasteiger partial charge in [-0.25, -0.2) is 0 Å². The van der Waals surface area contributed by atoms with E-state index in [4.69, 9.17) is 4.74 Å². The Kier molecular flexibility index (Phi) is 4.55. The predicted molar refractivity (Wildman–Crippen MR) is 75.6 cm³/mol. The number of hydrogen-bond acceptors (Lipinski definition) is 3. The van der Waals surface area contributed by atoms with E-state index in [9.17, 15) is 10.0 Å². The highest BCUT2D eigenvalue weighted by molar-refractivity contribution is 6.04. The van der Waals surface area contributed by atoms with E-state index in [0.717, 1.165) is 6.42 Å². The van der Waals surface area contributed by atoms with Gasteiger partial charge in [0.2, 0.25) is 0 Å². The summed E-state index contributed by atoms with van der Waals surface area (Å²) in [5.74, 6) is 0.357. The van der Waals surface area contributed by atoms with Gasteiger partial charge in [0.1, 0.15) is 5.75 Å². The molecule has 0 spiro atoms. The van der Waals surface area contributed by atoms with Crippen molar-refractivity contribution in [3.8, 4) is 5.75 Å². The van der Waals surface area contributed by atoms with Gasteiger partial charge in [0.15, 0.2) is 12.4 Å². The van der Waals surface area contributed by atoms with Crippen molar-refractivity contribution in [3.63, 3.8) is 0 Å². The van der Waals surface area contributed by atoms with Gasteiger partial charge < -0.3 is 15.3 Å². The summed E-state index contributed by atoms with van der Waals surface area (Å²) in [6.45, 7) is 2.61. The second-order valence-corrected chi connectivity index (χ2v) is 4.25. The standard InChI is InChI=1S/C15H16N2O3/c1-2-11-20-14-6-4-3-5-13(14)16-15(18)12-7-9-17(19)10-8-12/h3-10H,2,11H2,1H3,(H,16,18). The maximum atomic E-state index is 12.1. The van der Waals surface area contributed by atoms with Crippen molar-refractivity contribution in [2.75, 3.05) is 11.9 Å². The SMILES string of the molecule is CCCOc1ccccc1NC(=O)c1cc[n+]([O-])cc1. The summed E-state index contributed by atoms with van der Waals surface area (Å²) in [6.07, 6.45) is 3.47. The fourth-order valence-electron chi connectivity index (χ4n) is 1.67. The van der Waals surface area contributed by atoms with Gasteiger partial charge in [-0.2, -0.15) is 4.73 Å². The summed E-state index contributed by atoms with van der Waals surface area (Å²) < 4.78 is 6.21. The molecule has 0 aliphatic carbocycles. The van der Waals surface area contributed by atoms with Crippen molar-refractivity contribution in [1.29, 1.82) is 0 Å². The molecule has 5 heteroatoms. The monoisotopic (exact) mass is 272 g/mol. The first kappa shape index (κ1) is 13.9. The number of carbonyl (C=O) groups is 1. The summed E-state index contributed by atoms with van der Waals surface area (Å²) in [7, 11) is 0. The summed E-state index contributed by atoms with van der Waals surface area (Å²) >= 11 is 0. The molecule has 0 radical (unpaired) electrons. The molecule has 1 amide bonds. The second-order valence-electron chi connectivity index (χ2n) is 4.25. The van der Waals surface area contributed by atoms with E-state index in [1.165, 1.54) is 24.5 Å². The third-order valence-corrected chi connectivity index (χ3v) is 2.66. The molecule has 20 heavy (non-hydrogen) atoms. The largest absolute Gasteiger partial charge is 0.619 e. The van der Waals surface area contributed by atoms with Crippen molar-refractivity contribution in [3.05, 3.63) is 59.6 Å². The number of aromatic nitrogens is 1. The molecule has 0 fully saturated rings. The molecule has 1 heterocycles. The third kappa shape index (κ3) is 3.47. The van der Waals surface area contributed by atoms with E-state index in [1.54, 1.807) is 6.07 Å². The average molecular weight is 272 g/mol. The number of benzene rings is 1. The molecule has 0 saturated carbocycles. The van der Waals surface area contributed by atoms with E-state index in [1.807, 2.05) is 25.1 Å². The normalized spacial score (nSPS) is 10.1. The number of nitrogens with zero attached hydrogens (tertiary/aromatic N) is 1. The first-order valence-electron chi connectivity index (χ1n) is 6.42. The molecule has 1 N–H and O–H groups in total. The van der Waals surface area contributed by atoms with Gasteiger partial charge >= 0.3 is 0 Å². The number of rotatable bonds is 5. The summed E-state index contributed by atoms with van der Waals surface area (Å²) in [5.41, 5.74) is 1.03. The first-order chi connectivity index (χ1) is 9.70. The van der Waals surface area contributed by atoms with Crippen LogP contribution in [0, 0.1) is 5.21 Å². The number of ether oxygens (including phenoxy) is 1. The highest BCUT2D eigenvalue weighted by Gasteiger charge is 2.10. The maximum Gasteiger partial charge on any atom is 0.256 e. The van der Waals surface area contributed by atoms with Crippen molar-refractivity contribution < 1.29 is 14.3 Å². The minimum atomic E-state index is -0.279. The Labute approximate surface area is 117 Å². The average Bonchev–Trinajstić information content (AvgIpc) is 2.47. The van der Waals surface area contributed by atoms with Crippen LogP contribution >= 0.6 is 0 Å². The summed E-state index contributed by atoms with van der Waals surface area (Å²) in [5, 5.41) is 13.7. The van der Waals surface area contributed by atoms with Gasteiger partial charge in [-0.1, -0.05) is 19.1 Å². The van der Waals surface area contributed by atoms with Gasteiger partial charge in [-0.15, -0.1) is 0 Å². The Morgan fingerprint density at radius 3 is 2.65 bits per heavy atom. The second kappa shape index (κ2) is 6.56. The minimum absolute atomic E-state index is 0.279. The molecule has 0 bridgehead atoms. The van der Waals surface area contributed by atoms with E-state index in [0.29, 0.717) is 28.3 Å². The molecule has 2 aromatic rings. The van der Waals surface area contributed by atoms with Crippen LogP contribution in [0.4, 0.5) is 5.69 Å². The Morgan fingerprint density at radius 2 is 1.95 bits per heavy atom. The van der Waals surface area contributed by atoms with Crippen molar-refractivity contribution in [2.24, 2.45) is 0 Å². The fourth-order valence-corrected chi connectivity index (χ4v) is 1.67. The van der Waals surface area contributed by atoms with Crippen LogP contribution in [-0.4, -0.2) is 12.5 Å². The molecular formula is C15H16N2O3. The molecule has 0 aliphatic rings. The quantitative estimate of drug-likeness (QED) is 0.671. The molecule has 1 aromatic heterocycles. The number of nitrogens with one attached hydrogen (secondary N) is 1. The number of pyridine rings is 1. The van der Waals surface area contributed by atoms with Crippen LogP contribution in [0.15, 0.2) is 48.8 Å². The van der Waals surface area contributed by atoms with Crippen LogP contribution in [0.2, 0.25) is 0 Å². The van der Waals surface area contributed by atoms with Crippen LogP contribution < -0.4 is 14.8 Å². The summed E-state index contributed by atoms with van der Waals surface area (Å²) in [6, 6.07) is 10.2. The number of anilines is 1. The molecule has 104 valence electrons. The smallest absolute Gasteiger partial charge is 0.256 e. The van der Waals surface area contributed by atoms with Crippen LogP contribution in [0.3, 0.4) is 0 Å². The fraction of sp³-hybridized carbons (Fsp3) is 0.200. The number of para-hydroxylation sites is 2. The van der Waals surface area contributed by atoms with Crippen molar-refractivity contribution in [2.45, 2.75) is 13.3 Å². The van der Waals surface area contributed by atoms with Gasteiger partial charge in [-0.05, 0) is 18.6 Å². The van der Waals surface area contributed by atoms with Crippen molar-refractivity contribution in [1.82, 2.24) is 0 Å². The topological polar surface area (TPSA) is 65.3 Å². The van der Waals surface area contributed by atoms with E-state index >= 15 is 0 Å². The molecule has 0 atom stereocenters. The van der Waals surface area contributed by atoms with Crippen LogP contribution in [0.5, 0.6) is 5.75 Å². The number of carbonyl (C=O) groups excluding carboxylic acids is 1. The Hall–Kier alpha value is -2.56. The lowest BCUT2D eigenvalue weighted by molar-refractivity contribution is -0.605. The van der Waals surface area contributed by atoms with Crippen LogP contribution in [0.1, 0.15) is 23.7 Å². The van der Waals surface area contributed by atoms with E-state index < -0.39 is 0 Å². The lowest BCUT2D eigenvalue weighted by Gasteiger charge is -2.11. The molecule has 2 rings (SSSR count). The van der Waals surface area contributed by atoms with Gasteiger partial charge in [0.05, 0.1) is 17.9 Å². The Bertz CT molecular complexity index is 582. The molecule has 1 aromatic carbocycles. The van der Waals surface area contributed by atoms with Gasteiger partial charge in [-0.3, -0.25) is 4.79 Å². The molecule has 0 saturated heterocycles. The van der Waals surface area contributed by atoms with E-state index in [2.05, 4.69) is 5.32 Å². The van der Waals surface area contributed by atoms with Crippen LogP contribution in [-0.2, 0) is 0 Å². The molecule has 0 unspecified atom stereocenters. The van der Waals surface area contributed by atoms with Gasteiger partial charge in [0.25, 0.3) is 5.91 Å². The predicted octanol–water partition coefficient (Wildman–Crippen LogP) is 2.36. The van der Waals surface area contributed by atoms with Gasteiger partial charge in [0, 0.05) is 12.1 Å². The third-order valence-electron chi connectivity index (χ3n) is 2.66. The number of amides is 1. The summed E-state index contributed by atoms with van der Waals surface area (Å²) in [4.78, 5) is 12.1. The Balaban J connectivity index is 2.13. The zero-order valence-corrected chi connectivity index (χ0v) is 11.2. The molecule has 0 aliphatic heterocycles. The lowest BCUT2D eigenvalue weighted by Crippen LogP contribution is -2.25. The maximum absolute atomic E-state index is 12.1. The van der Waals surface area contributed by atoms with Crippen LogP contribution in [0.25, 0.3) is 0 Å². The molecular weight excluding hydrogens is 256 g/mol. The zero-order valence-electron chi connectivity index (χ0n) is 11.2. The minimum Gasteiger partial charge on any atom is -0.619 e. The lowest BCUT2D eigenvalue weighted by atomic mass is 10.2. The highest BCUT2D eigenvalue weighted by Crippen LogP contribution is 2.24. The van der Waals surface area contributed by atoms with E-state index in [-0.39, 0.29) is 5.91 Å². The Morgan fingerprint density at radius 1 is 1.25 bits per heavy atom. The van der Waals surface area contributed by atoms with Crippen molar-refractivity contribution >= 4 is 11.6 Å². The zero-order chi connectivity index (χ0) is 14.4. The first-order valence-corrected chi connectivity index (χ1v) is 6.42.